The van der Waals surface area contributed by atoms with Crippen LogP contribution in [0.1, 0.15) is 30.7 Å². The van der Waals surface area contributed by atoms with E-state index in [1.54, 1.807) is 12.3 Å². The SMILES string of the molecule is NCCCNc1nc(Nc2ccc(Cl)nc2)ncc1C1CC1. The highest BCUT2D eigenvalue weighted by molar-refractivity contribution is 6.29. The summed E-state index contributed by atoms with van der Waals surface area (Å²) in [5.74, 6) is 2.03. The molecule has 1 aliphatic rings. The molecule has 3 rings (SSSR count). The molecule has 1 fully saturated rings. The molecule has 0 unspecified atom stereocenters. The highest BCUT2D eigenvalue weighted by atomic mass is 35.5. The molecule has 2 aromatic rings. The Morgan fingerprint density at radius 3 is 2.77 bits per heavy atom. The number of anilines is 3. The summed E-state index contributed by atoms with van der Waals surface area (Å²) in [7, 11) is 0. The average molecular weight is 319 g/mol. The fraction of sp³-hybridized carbons (Fsp3) is 0.400. The van der Waals surface area contributed by atoms with Crippen LogP contribution in [-0.2, 0) is 0 Å². The van der Waals surface area contributed by atoms with Gasteiger partial charge in [-0.15, -0.1) is 0 Å². The van der Waals surface area contributed by atoms with Crippen molar-refractivity contribution in [3.63, 3.8) is 0 Å². The quantitative estimate of drug-likeness (QED) is 0.537. The molecule has 0 aromatic carbocycles. The lowest BCUT2D eigenvalue weighted by Crippen LogP contribution is -2.12. The molecule has 0 spiro atoms. The van der Waals surface area contributed by atoms with E-state index in [9.17, 15) is 0 Å². The first-order chi connectivity index (χ1) is 10.8. The Bertz CT molecular complexity index is 626. The second-order valence-electron chi connectivity index (χ2n) is 5.34. The van der Waals surface area contributed by atoms with Crippen LogP contribution in [0.2, 0.25) is 5.15 Å². The van der Waals surface area contributed by atoms with Crippen LogP contribution in [0.5, 0.6) is 0 Å². The molecule has 0 bridgehead atoms. The van der Waals surface area contributed by atoms with Gasteiger partial charge in [0.25, 0.3) is 0 Å². The number of aromatic nitrogens is 3. The predicted molar refractivity (Wildman–Crippen MR) is 88.7 cm³/mol. The Balaban J connectivity index is 1.76. The van der Waals surface area contributed by atoms with E-state index in [1.807, 2.05) is 12.3 Å². The van der Waals surface area contributed by atoms with Gasteiger partial charge in [-0.25, -0.2) is 9.97 Å². The number of nitrogens with zero attached hydrogens (tertiary/aromatic N) is 3. The molecule has 0 radical (unpaired) electrons. The summed E-state index contributed by atoms with van der Waals surface area (Å²) in [6.45, 7) is 1.48. The van der Waals surface area contributed by atoms with Crippen molar-refractivity contribution in [2.24, 2.45) is 5.73 Å². The largest absolute Gasteiger partial charge is 0.370 e. The number of rotatable bonds is 7. The monoisotopic (exact) mass is 318 g/mol. The van der Waals surface area contributed by atoms with Crippen molar-refractivity contribution in [1.29, 1.82) is 0 Å². The van der Waals surface area contributed by atoms with Gasteiger partial charge in [-0.2, -0.15) is 4.98 Å². The van der Waals surface area contributed by atoms with Gasteiger partial charge >= 0.3 is 0 Å². The van der Waals surface area contributed by atoms with E-state index < -0.39 is 0 Å². The molecule has 0 aliphatic heterocycles. The smallest absolute Gasteiger partial charge is 0.229 e. The minimum atomic E-state index is 0.458. The van der Waals surface area contributed by atoms with E-state index >= 15 is 0 Å². The van der Waals surface area contributed by atoms with Gasteiger partial charge in [0.05, 0.1) is 11.9 Å². The molecule has 0 amide bonds. The summed E-state index contributed by atoms with van der Waals surface area (Å²) in [5, 5.41) is 6.96. The third-order valence-electron chi connectivity index (χ3n) is 3.49. The van der Waals surface area contributed by atoms with Crippen LogP contribution in [0, 0.1) is 0 Å². The molecule has 2 aromatic heterocycles. The number of pyridine rings is 1. The molecule has 6 nitrogen and oxygen atoms in total. The summed E-state index contributed by atoms with van der Waals surface area (Å²) in [6, 6.07) is 3.57. The zero-order valence-electron chi connectivity index (χ0n) is 12.2. The lowest BCUT2D eigenvalue weighted by atomic mass is 10.2. The van der Waals surface area contributed by atoms with Crippen LogP contribution in [-0.4, -0.2) is 28.0 Å². The Morgan fingerprint density at radius 2 is 2.09 bits per heavy atom. The Morgan fingerprint density at radius 1 is 1.23 bits per heavy atom. The van der Waals surface area contributed by atoms with Crippen LogP contribution >= 0.6 is 11.6 Å². The minimum absolute atomic E-state index is 0.458. The second kappa shape index (κ2) is 6.89. The normalized spacial score (nSPS) is 13.9. The van der Waals surface area contributed by atoms with Gasteiger partial charge in [-0.1, -0.05) is 11.6 Å². The van der Waals surface area contributed by atoms with Crippen molar-refractivity contribution in [3.8, 4) is 0 Å². The van der Waals surface area contributed by atoms with Gasteiger partial charge in [0.1, 0.15) is 11.0 Å². The predicted octanol–water partition coefficient (Wildman–Crippen LogP) is 2.91. The van der Waals surface area contributed by atoms with Gasteiger partial charge in [0, 0.05) is 18.3 Å². The first-order valence-corrected chi connectivity index (χ1v) is 7.83. The van der Waals surface area contributed by atoms with Crippen LogP contribution in [0.25, 0.3) is 0 Å². The first kappa shape index (κ1) is 15.0. The summed E-state index contributed by atoms with van der Waals surface area (Å²) in [6.07, 6.45) is 6.90. The van der Waals surface area contributed by atoms with Gasteiger partial charge in [-0.3, -0.25) is 0 Å². The summed E-state index contributed by atoms with van der Waals surface area (Å²) in [4.78, 5) is 13.0. The van der Waals surface area contributed by atoms with E-state index in [2.05, 4.69) is 25.6 Å². The Kier molecular flexibility index (Phi) is 4.70. The molecular formula is C15H19ClN6. The maximum Gasteiger partial charge on any atom is 0.229 e. The minimum Gasteiger partial charge on any atom is -0.370 e. The van der Waals surface area contributed by atoms with E-state index in [1.165, 1.54) is 18.4 Å². The molecule has 0 atom stereocenters. The van der Waals surface area contributed by atoms with Gasteiger partial charge in [0.2, 0.25) is 5.95 Å². The van der Waals surface area contributed by atoms with Crippen LogP contribution in [0.15, 0.2) is 24.5 Å². The standard InChI is InChI=1S/C15H19ClN6/c16-13-5-4-11(8-19-13)21-15-20-9-12(10-2-3-10)14(22-15)18-7-1-6-17/h4-5,8-10H,1-3,6-7,17H2,(H2,18,20,21,22). The topological polar surface area (TPSA) is 88.8 Å². The fourth-order valence-electron chi connectivity index (χ4n) is 2.17. The number of halogens is 1. The first-order valence-electron chi connectivity index (χ1n) is 7.45. The number of nitrogens with two attached hydrogens (primary N) is 1. The number of hydrogen-bond acceptors (Lipinski definition) is 6. The fourth-order valence-corrected chi connectivity index (χ4v) is 2.29. The zero-order valence-corrected chi connectivity index (χ0v) is 13.0. The lowest BCUT2D eigenvalue weighted by Gasteiger charge is -2.12. The van der Waals surface area contributed by atoms with Gasteiger partial charge < -0.3 is 16.4 Å². The van der Waals surface area contributed by atoms with Crippen molar-refractivity contribution in [3.05, 3.63) is 35.2 Å². The van der Waals surface area contributed by atoms with Crippen molar-refractivity contribution < 1.29 is 0 Å². The molecule has 22 heavy (non-hydrogen) atoms. The van der Waals surface area contributed by atoms with E-state index in [0.29, 0.717) is 23.6 Å². The molecule has 116 valence electrons. The second-order valence-corrected chi connectivity index (χ2v) is 5.72. The average Bonchev–Trinajstić information content (AvgIpc) is 3.35. The van der Waals surface area contributed by atoms with Crippen LogP contribution < -0.4 is 16.4 Å². The molecular weight excluding hydrogens is 300 g/mol. The highest BCUT2D eigenvalue weighted by Gasteiger charge is 2.27. The molecule has 1 saturated carbocycles. The van der Waals surface area contributed by atoms with Crippen LogP contribution in [0.4, 0.5) is 17.5 Å². The lowest BCUT2D eigenvalue weighted by molar-refractivity contribution is 0.865. The van der Waals surface area contributed by atoms with Crippen molar-refractivity contribution >= 4 is 29.1 Å². The molecule has 0 saturated heterocycles. The molecule has 4 N–H and O–H groups in total. The third kappa shape index (κ3) is 3.84. The summed E-state index contributed by atoms with van der Waals surface area (Å²) >= 11 is 5.78. The maximum atomic E-state index is 5.78. The van der Waals surface area contributed by atoms with Gasteiger partial charge in [-0.05, 0) is 43.9 Å². The highest BCUT2D eigenvalue weighted by Crippen LogP contribution is 2.42. The van der Waals surface area contributed by atoms with Crippen molar-refractivity contribution in [1.82, 2.24) is 15.0 Å². The Hall–Kier alpha value is -1.92. The number of hydrogen-bond donors (Lipinski definition) is 3. The summed E-state index contributed by atoms with van der Waals surface area (Å²) in [5.41, 5.74) is 7.54. The van der Waals surface area contributed by atoms with Crippen LogP contribution in [0.3, 0.4) is 0 Å². The van der Waals surface area contributed by atoms with E-state index in [-0.39, 0.29) is 0 Å². The van der Waals surface area contributed by atoms with E-state index in [0.717, 1.165) is 24.5 Å². The number of nitrogens with one attached hydrogen (secondary N) is 2. The Labute approximate surface area is 134 Å². The van der Waals surface area contributed by atoms with Gasteiger partial charge in [0.15, 0.2) is 0 Å². The zero-order chi connectivity index (χ0) is 15.4. The van der Waals surface area contributed by atoms with E-state index in [4.69, 9.17) is 17.3 Å². The maximum absolute atomic E-state index is 5.78. The summed E-state index contributed by atoms with van der Waals surface area (Å²) < 4.78 is 0. The third-order valence-corrected chi connectivity index (χ3v) is 3.71. The van der Waals surface area contributed by atoms with Crippen molar-refractivity contribution in [2.45, 2.75) is 25.2 Å². The molecule has 7 heteroatoms. The van der Waals surface area contributed by atoms with Crippen molar-refractivity contribution in [2.75, 3.05) is 23.7 Å². The molecule has 2 heterocycles. The molecule has 1 aliphatic carbocycles.